The molecular formula is C27H28N6O3. The van der Waals surface area contributed by atoms with Crippen LogP contribution in [0.3, 0.4) is 0 Å². The number of para-hydroxylation sites is 1. The van der Waals surface area contributed by atoms with Crippen LogP contribution in [0.15, 0.2) is 48.8 Å². The molecule has 1 saturated carbocycles. The van der Waals surface area contributed by atoms with Crippen molar-refractivity contribution in [2.45, 2.75) is 18.8 Å². The molecule has 2 fully saturated rings. The summed E-state index contributed by atoms with van der Waals surface area (Å²) in [5.41, 5.74) is 6.40. The molecule has 9 heteroatoms. The van der Waals surface area contributed by atoms with Crippen molar-refractivity contribution in [3.63, 3.8) is 0 Å². The highest BCUT2D eigenvalue weighted by Gasteiger charge is 2.32. The third-order valence-corrected chi connectivity index (χ3v) is 6.78. The van der Waals surface area contributed by atoms with Crippen molar-refractivity contribution in [2.24, 2.45) is 7.05 Å². The van der Waals surface area contributed by atoms with Gasteiger partial charge >= 0.3 is 5.97 Å². The molecule has 0 atom stereocenters. The number of carbonyl (C=O) groups is 1. The minimum absolute atomic E-state index is 0.155. The van der Waals surface area contributed by atoms with Crippen LogP contribution in [0.4, 0.5) is 17.2 Å². The highest BCUT2D eigenvalue weighted by atomic mass is 16.5. The van der Waals surface area contributed by atoms with Crippen LogP contribution >= 0.6 is 0 Å². The van der Waals surface area contributed by atoms with Gasteiger partial charge in [-0.15, -0.1) is 0 Å². The van der Waals surface area contributed by atoms with Crippen molar-refractivity contribution in [3.05, 3.63) is 60.2 Å². The van der Waals surface area contributed by atoms with Crippen LogP contribution in [0, 0.1) is 0 Å². The highest BCUT2D eigenvalue weighted by Crippen LogP contribution is 2.44. The molecule has 6 rings (SSSR count). The van der Waals surface area contributed by atoms with Gasteiger partial charge in [-0.1, -0.05) is 12.1 Å². The second-order valence-corrected chi connectivity index (χ2v) is 9.22. The number of benzene rings is 2. The normalized spacial score (nSPS) is 15.8. The summed E-state index contributed by atoms with van der Waals surface area (Å²) in [4.78, 5) is 29.5. The van der Waals surface area contributed by atoms with E-state index in [0.29, 0.717) is 17.4 Å². The first-order valence-electron chi connectivity index (χ1n) is 12.2. The molecule has 4 aromatic rings. The Bertz CT molecular complexity index is 1420. The molecule has 2 aliphatic rings. The lowest BCUT2D eigenvalue weighted by atomic mass is 10.0. The van der Waals surface area contributed by atoms with Gasteiger partial charge in [0.25, 0.3) is 0 Å². The van der Waals surface area contributed by atoms with E-state index < -0.39 is 5.97 Å². The molecule has 0 amide bonds. The molecule has 0 bridgehead atoms. The maximum atomic E-state index is 12.8. The molecule has 0 radical (unpaired) electrons. The third kappa shape index (κ3) is 4.15. The third-order valence-electron chi connectivity index (χ3n) is 6.78. The van der Waals surface area contributed by atoms with Crippen LogP contribution in [0.2, 0.25) is 0 Å². The number of rotatable bonds is 6. The SMILES string of the molecule is COC(=O)c1nc(-c2cccc3c2ncn3C)c(C2CC2)nc1Nc1ccc(N2CCOCC2)cc1. The van der Waals surface area contributed by atoms with Gasteiger partial charge in [-0.05, 0) is 43.2 Å². The van der Waals surface area contributed by atoms with Gasteiger partial charge in [0.05, 0.1) is 49.1 Å². The summed E-state index contributed by atoms with van der Waals surface area (Å²) < 4.78 is 12.5. The Hall–Kier alpha value is -3.98. The highest BCUT2D eigenvalue weighted by molar-refractivity contribution is 5.96. The van der Waals surface area contributed by atoms with Gasteiger partial charge in [0.15, 0.2) is 11.5 Å². The quantitative estimate of drug-likeness (QED) is 0.406. The minimum atomic E-state index is -0.535. The average molecular weight is 485 g/mol. The number of anilines is 3. The van der Waals surface area contributed by atoms with Gasteiger partial charge in [-0.25, -0.2) is 19.7 Å². The van der Waals surface area contributed by atoms with Crippen LogP contribution in [-0.2, 0) is 16.5 Å². The number of methoxy groups -OCH3 is 1. The predicted molar refractivity (Wildman–Crippen MR) is 138 cm³/mol. The summed E-state index contributed by atoms with van der Waals surface area (Å²) in [5, 5.41) is 3.32. The molecule has 0 unspecified atom stereocenters. The second kappa shape index (κ2) is 9.23. The monoisotopic (exact) mass is 484 g/mol. The number of fused-ring (bicyclic) bond motifs is 1. The van der Waals surface area contributed by atoms with E-state index in [2.05, 4.69) is 27.3 Å². The summed E-state index contributed by atoms with van der Waals surface area (Å²) in [6, 6.07) is 14.1. The number of ether oxygens (including phenoxy) is 2. The molecule has 3 heterocycles. The van der Waals surface area contributed by atoms with Gasteiger partial charge < -0.3 is 24.3 Å². The van der Waals surface area contributed by atoms with Gasteiger partial charge in [0.1, 0.15) is 0 Å². The second-order valence-electron chi connectivity index (χ2n) is 9.22. The van der Waals surface area contributed by atoms with Gasteiger partial charge in [0.2, 0.25) is 0 Å². The number of aryl methyl sites for hydroxylation is 1. The van der Waals surface area contributed by atoms with Crippen LogP contribution in [-0.4, -0.2) is 58.9 Å². The number of carbonyl (C=O) groups excluding carboxylic acids is 1. The molecule has 36 heavy (non-hydrogen) atoms. The van der Waals surface area contributed by atoms with Crippen molar-refractivity contribution < 1.29 is 14.3 Å². The minimum Gasteiger partial charge on any atom is -0.464 e. The molecule has 2 aromatic heterocycles. The summed E-state index contributed by atoms with van der Waals surface area (Å²) >= 11 is 0. The zero-order valence-electron chi connectivity index (χ0n) is 20.4. The van der Waals surface area contributed by atoms with Crippen molar-refractivity contribution in [1.29, 1.82) is 0 Å². The largest absolute Gasteiger partial charge is 0.464 e. The Morgan fingerprint density at radius 3 is 2.58 bits per heavy atom. The van der Waals surface area contributed by atoms with Crippen LogP contribution in [0.1, 0.15) is 34.9 Å². The van der Waals surface area contributed by atoms with Crippen molar-refractivity contribution in [3.8, 4) is 11.3 Å². The number of nitrogens with zero attached hydrogens (tertiary/aromatic N) is 5. The first-order valence-corrected chi connectivity index (χ1v) is 12.2. The topological polar surface area (TPSA) is 94.4 Å². The molecule has 184 valence electrons. The Morgan fingerprint density at radius 1 is 1.08 bits per heavy atom. The van der Waals surface area contributed by atoms with E-state index in [0.717, 1.165) is 72.8 Å². The fourth-order valence-electron chi connectivity index (χ4n) is 4.68. The lowest BCUT2D eigenvalue weighted by Crippen LogP contribution is -2.36. The fourth-order valence-corrected chi connectivity index (χ4v) is 4.68. The van der Waals surface area contributed by atoms with E-state index in [9.17, 15) is 4.79 Å². The smallest absolute Gasteiger partial charge is 0.360 e. The Morgan fingerprint density at radius 2 is 1.86 bits per heavy atom. The lowest BCUT2D eigenvalue weighted by molar-refractivity contribution is 0.0595. The molecule has 1 N–H and O–H groups in total. The Kier molecular flexibility index (Phi) is 5.77. The maximum absolute atomic E-state index is 12.8. The molecule has 1 saturated heterocycles. The lowest BCUT2D eigenvalue weighted by Gasteiger charge is -2.29. The van der Waals surface area contributed by atoms with E-state index in [1.54, 1.807) is 6.33 Å². The van der Waals surface area contributed by atoms with Crippen LogP contribution in [0.5, 0.6) is 0 Å². The molecule has 1 aliphatic carbocycles. The number of esters is 1. The standard InChI is InChI=1S/C27H28N6O3/c1-32-16-28-23-20(4-3-5-21(23)32)24-22(17-6-7-17)31-26(25(30-24)27(34)35-2)29-18-8-10-19(11-9-18)33-12-14-36-15-13-33/h3-5,8-11,16-17H,6-7,12-15H2,1-2H3,(H,29,31). The number of nitrogens with one attached hydrogen (secondary N) is 1. The molecule has 2 aromatic carbocycles. The van der Waals surface area contributed by atoms with Crippen LogP contribution in [0.25, 0.3) is 22.3 Å². The zero-order valence-corrected chi connectivity index (χ0v) is 20.4. The van der Waals surface area contributed by atoms with E-state index in [1.165, 1.54) is 7.11 Å². The number of hydrogen-bond acceptors (Lipinski definition) is 8. The summed E-state index contributed by atoms with van der Waals surface area (Å²) in [7, 11) is 3.32. The van der Waals surface area contributed by atoms with Crippen molar-refractivity contribution in [2.75, 3.05) is 43.6 Å². The number of morpholine rings is 1. The first-order chi connectivity index (χ1) is 17.6. The van der Waals surface area contributed by atoms with Crippen LogP contribution < -0.4 is 10.2 Å². The van der Waals surface area contributed by atoms with Crippen molar-refractivity contribution in [1.82, 2.24) is 19.5 Å². The average Bonchev–Trinajstić information content (AvgIpc) is 3.71. The molecular weight excluding hydrogens is 456 g/mol. The van der Waals surface area contributed by atoms with E-state index >= 15 is 0 Å². The zero-order chi connectivity index (χ0) is 24.6. The number of aromatic nitrogens is 4. The predicted octanol–water partition coefficient (Wildman–Crippen LogP) is 4.27. The van der Waals surface area contributed by atoms with Gasteiger partial charge in [0, 0.05) is 43.0 Å². The fraction of sp³-hybridized carbons (Fsp3) is 0.333. The molecule has 9 nitrogen and oxygen atoms in total. The Balaban J connectivity index is 1.40. The first kappa shape index (κ1) is 22.5. The number of imidazole rings is 1. The number of hydrogen-bond donors (Lipinski definition) is 1. The summed E-state index contributed by atoms with van der Waals surface area (Å²) in [6.45, 7) is 3.22. The van der Waals surface area contributed by atoms with Crippen molar-refractivity contribution >= 4 is 34.2 Å². The summed E-state index contributed by atoms with van der Waals surface area (Å²) in [6.07, 6.45) is 3.88. The van der Waals surface area contributed by atoms with E-state index in [4.69, 9.17) is 19.4 Å². The van der Waals surface area contributed by atoms with Gasteiger partial charge in [-0.3, -0.25) is 0 Å². The molecule has 0 spiro atoms. The Labute approximate surface area is 209 Å². The molecule has 1 aliphatic heterocycles. The van der Waals surface area contributed by atoms with E-state index in [-0.39, 0.29) is 5.69 Å². The maximum Gasteiger partial charge on any atom is 0.360 e. The van der Waals surface area contributed by atoms with E-state index in [1.807, 2.05) is 41.9 Å². The summed E-state index contributed by atoms with van der Waals surface area (Å²) in [5.74, 6) is 0.175. The van der Waals surface area contributed by atoms with Gasteiger partial charge in [-0.2, -0.15) is 0 Å².